The van der Waals surface area contributed by atoms with E-state index in [-0.39, 0.29) is 6.42 Å². The molecule has 0 aliphatic rings. The third-order valence-corrected chi connectivity index (χ3v) is 2.18. The van der Waals surface area contributed by atoms with Gasteiger partial charge in [0.2, 0.25) is 0 Å². The number of aliphatic hydroxyl groups is 1. The van der Waals surface area contributed by atoms with E-state index in [1.54, 1.807) is 23.9 Å². The Morgan fingerprint density at radius 2 is 2.43 bits per heavy atom. The van der Waals surface area contributed by atoms with E-state index in [1.165, 1.54) is 0 Å². The first-order valence-corrected chi connectivity index (χ1v) is 4.80. The minimum Gasteiger partial charge on any atom is -0.383 e. The van der Waals surface area contributed by atoms with Gasteiger partial charge in [-0.1, -0.05) is 6.92 Å². The van der Waals surface area contributed by atoms with E-state index in [2.05, 4.69) is 5.10 Å². The first kappa shape index (κ1) is 10.9. The van der Waals surface area contributed by atoms with Crippen molar-refractivity contribution in [3.05, 3.63) is 18.0 Å². The molecule has 0 radical (unpaired) electrons. The second-order valence-corrected chi connectivity index (χ2v) is 3.58. The van der Waals surface area contributed by atoms with Gasteiger partial charge in [0.1, 0.15) is 11.9 Å². The lowest BCUT2D eigenvalue weighted by Crippen LogP contribution is -2.26. The van der Waals surface area contributed by atoms with Crippen LogP contribution in [0.3, 0.4) is 0 Å². The second kappa shape index (κ2) is 4.37. The zero-order valence-electron chi connectivity index (χ0n) is 8.60. The van der Waals surface area contributed by atoms with Crippen molar-refractivity contribution < 1.29 is 9.90 Å². The van der Waals surface area contributed by atoms with Crippen LogP contribution < -0.4 is 0 Å². The molecule has 1 rings (SSSR count). The quantitative estimate of drug-likeness (QED) is 0.717. The largest absolute Gasteiger partial charge is 0.383 e. The molecule has 0 aromatic carbocycles. The summed E-state index contributed by atoms with van der Waals surface area (Å²) >= 11 is 0. The van der Waals surface area contributed by atoms with Gasteiger partial charge < -0.3 is 9.90 Å². The Morgan fingerprint density at radius 1 is 1.71 bits per heavy atom. The van der Waals surface area contributed by atoms with Crippen LogP contribution in [0, 0.1) is 0 Å². The van der Waals surface area contributed by atoms with Gasteiger partial charge in [-0.15, -0.1) is 0 Å². The Bertz CT molecular complexity index is 305. The van der Waals surface area contributed by atoms with Crippen LogP contribution in [0.2, 0.25) is 0 Å². The fourth-order valence-electron chi connectivity index (χ4n) is 1.45. The molecule has 0 amide bonds. The summed E-state index contributed by atoms with van der Waals surface area (Å²) in [7, 11) is 0. The third-order valence-electron chi connectivity index (χ3n) is 2.18. The highest BCUT2D eigenvalue weighted by molar-refractivity contribution is 5.52. The SMILES string of the molecule is CCCn1nccc1C(C)(O)CC=O. The number of nitrogens with zero attached hydrogens (tertiary/aromatic N) is 2. The van der Waals surface area contributed by atoms with Gasteiger partial charge in [0.05, 0.1) is 5.69 Å². The zero-order valence-corrected chi connectivity index (χ0v) is 8.60. The van der Waals surface area contributed by atoms with Crippen LogP contribution in [0.5, 0.6) is 0 Å². The summed E-state index contributed by atoms with van der Waals surface area (Å²) < 4.78 is 1.74. The number of rotatable bonds is 5. The normalized spacial score (nSPS) is 15.1. The molecule has 0 aliphatic heterocycles. The van der Waals surface area contributed by atoms with Gasteiger partial charge >= 0.3 is 0 Å². The van der Waals surface area contributed by atoms with Crippen molar-refractivity contribution in [2.24, 2.45) is 0 Å². The number of aryl methyl sites for hydroxylation is 1. The van der Waals surface area contributed by atoms with Crippen LogP contribution in [0.4, 0.5) is 0 Å². The average Bonchev–Trinajstić information content (AvgIpc) is 2.53. The standard InChI is InChI=1S/C10H16N2O2/c1-3-7-12-9(4-6-11-12)10(2,14)5-8-13/h4,6,8,14H,3,5,7H2,1-2H3. The highest BCUT2D eigenvalue weighted by Crippen LogP contribution is 2.22. The monoisotopic (exact) mass is 196 g/mol. The van der Waals surface area contributed by atoms with E-state index in [0.717, 1.165) is 19.3 Å². The molecule has 0 fully saturated rings. The summed E-state index contributed by atoms with van der Waals surface area (Å²) in [6.07, 6.45) is 3.42. The summed E-state index contributed by atoms with van der Waals surface area (Å²) in [5, 5.41) is 14.1. The predicted molar refractivity (Wildman–Crippen MR) is 52.8 cm³/mol. The summed E-state index contributed by atoms with van der Waals surface area (Å²) in [5.41, 5.74) is -0.403. The van der Waals surface area contributed by atoms with E-state index < -0.39 is 5.60 Å². The topological polar surface area (TPSA) is 55.1 Å². The molecule has 78 valence electrons. The van der Waals surface area contributed by atoms with Crippen molar-refractivity contribution in [1.82, 2.24) is 9.78 Å². The fourth-order valence-corrected chi connectivity index (χ4v) is 1.45. The summed E-state index contributed by atoms with van der Waals surface area (Å²) in [5.74, 6) is 0. The Kier molecular flexibility index (Phi) is 3.41. The predicted octanol–water partition coefficient (Wildman–Crippen LogP) is 1.09. The molecule has 1 heterocycles. The average molecular weight is 196 g/mol. The van der Waals surface area contributed by atoms with Crippen LogP contribution in [-0.4, -0.2) is 21.2 Å². The highest BCUT2D eigenvalue weighted by atomic mass is 16.3. The maximum absolute atomic E-state index is 10.4. The van der Waals surface area contributed by atoms with E-state index in [9.17, 15) is 9.90 Å². The maximum atomic E-state index is 10.4. The Labute approximate surface area is 83.5 Å². The maximum Gasteiger partial charge on any atom is 0.123 e. The van der Waals surface area contributed by atoms with Gasteiger partial charge in [-0.05, 0) is 19.4 Å². The lowest BCUT2D eigenvalue weighted by atomic mass is 9.99. The number of carbonyl (C=O) groups excluding carboxylic acids is 1. The molecule has 1 aromatic heterocycles. The van der Waals surface area contributed by atoms with E-state index in [4.69, 9.17) is 0 Å². The summed E-state index contributed by atoms with van der Waals surface area (Å²) in [6, 6.07) is 1.75. The number of carbonyl (C=O) groups is 1. The highest BCUT2D eigenvalue weighted by Gasteiger charge is 2.26. The zero-order chi connectivity index (χ0) is 10.6. The molecule has 14 heavy (non-hydrogen) atoms. The molecule has 4 heteroatoms. The number of hydrogen-bond acceptors (Lipinski definition) is 3. The number of hydrogen-bond donors (Lipinski definition) is 1. The van der Waals surface area contributed by atoms with Crippen LogP contribution >= 0.6 is 0 Å². The first-order chi connectivity index (χ1) is 6.61. The van der Waals surface area contributed by atoms with Crippen molar-refractivity contribution in [2.45, 2.75) is 38.8 Å². The smallest absolute Gasteiger partial charge is 0.123 e. The van der Waals surface area contributed by atoms with Gasteiger partial charge in [-0.2, -0.15) is 5.10 Å². The molecule has 4 nitrogen and oxygen atoms in total. The lowest BCUT2D eigenvalue weighted by Gasteiger charge is -2.21. The van der Waals surface area contributed by atoms with Gasteiger partial charge in [0.15, 0.2) is 0 Å². The van der Waals surface area contributed by atoms with Crippen LogP contribution in [-0.2, 0) is 16.9 Å². The molecular formula is C10H16N2O2. The summed E-state index contributed by atoms with van der Waals surface area (Å²) in [4.78, 5) is 10.4. The molecular weight excluding hydrogens is 180 g/mol. The van der Waals surface area contributed by atoms with Crippen molar-refractivity contribution in [2.75, 3.05) is 0 Å². The molecule has 0 aliphatic carbocycles. The lowest BCUT2D eigenvalue weighted by molar-refractivity contribution is -0.112. The van der Waals surface area contributed by atoms with E-state index >= 15 is 0 Å². The van der Waals surface area contributed by atoms with E-state index in [1.807, 2.05) is 6.92 Å². The van der Waals surface area contributed by atoms with Crippen LogP contribution in [0.15, 0.2) is 12.3 Å². The van der Waals surface area contributed by atoms with E-state index in [0.29, 0.717) is 5.69 Å². The Morgan fingerprint density at radius 3 is 3.00 bits per heavy atom. The van der Waals surface area contributed by atoms with Crippen molar-refractivity contribution in [1.29, 1.82) is 0 Å². The molecule has 0 bridgehead atoms. The van der Waals surface area contributed by atoms with Gasteiger partial charge in [-0.3, -0.25) is 4.68 Å². The van der Waals surface area contributed by atoms with Gasteiger partial charge in [-0.25, -0.2) is 0 Å². The summed E-state index contributed by atoms with van der Waals surface area (Å²) in [6.45, 7) is 4.43. The molecule has 1 N–H and O–H groups in total. The molecule has 1 unspecified atom stereocenters. The minimum atomic E-state index is -1.10. The molecule has 1 aromatic rings. The third kappa shape index (κ3) is 2.20. The van der Waals surface area contributed by atoms with Crippen LogP contribution in [0.1, 0.15) is 32.4 Å². The van der Waals surface area contributed by atoms with Crippen molar-refractivity contribution in [3.8, 4) is 0 Å². The van der Waals surface area contributed by atoms with Crippen LogP contribution in [0.25, 0.3) is 0 Å². The van der Waals surface area contributed by atoms with Gasteiger partial charge in [0, 0.05) is 19.2 Å². The second-order valence-electron chi connectivity index (χ2n) is 3.58. The van der Waals surface area contributed by atoms with Crippen molar-refractivity contribution >= 4 is 6.29 Å². The van der Waals surface area contributed by atoms with Gasteiger partial charge in [0.25, 0.3) is 0 Å². The fraction of sp³-hybridized carbons (Fsp3) is 0.600. The Balaban J connectivity index is 2.92. The number of aromatic nitrogens is 2. The molecule has 0 saturated carbocycles. The number of aldehydes is 1. The first-order valence-electron chi connectivity index (χ1n) is 4.80. The molecule has 0 spiro atoms. The Hall–Kier alpha value is -1.16. The van der Waals surface area contributed by atoms with Crippen molar-refractivity contribution in [3.63, 3.8) is 0 Å². The molecule has 0 saturated heterocycles. The molecule has 1 atom stereocenters. The minimum absolute atomic E-state index is 0.0996.